The SMILES string of the molecule is COc1ccc(S(=O)(=O)N2CCN[C@@H](C)C2)cc1. The van der Waals surface area contributed by atoms with Crippen LogP contribution in [0, 0.1) is 0 Å². The average molecular weight is 270 g/mol. The number of hydrogen-bond acceptors (Lipinski definition) is 4. The zero-order chi connectivity index (χ0) is 13.2. The average Bonchev–Trinajstić information content (AvgIpc) is 2.39. The van der Waals surface area contributed by atoms with Crippen LogP contribution in [0.4, 0.5) is 0 Å². The third-order valence-electron chi connectivity index (χ3n) is 3.03. The molecule has 100 valence electrons. The van der Waals surface area contributed by atoms with Gasteiger partial charge in [0.2, 0.25) is 10.0 Å². The van der Waals surface area contributed by atoms with Crippen LogP contribution < -0.4 is 10.1 Å². The maximum absolute atomic E-state index is 12.4. The van der Waals surface area contributed by atoms with Crippen molar-refractivity contribution in [3.8, 4) is 5.75 Å². The second-order valence-corrected chi connectivity index (χ2v) is 6.33. The van der Waals surface area contributed by atoms with Crippen LogP contribution in [0.5, 0.6) is 5.75 Å². The number of methoxy groups -OCH3 is 1. The maximum atomic E-state index is 12.4. The lowest BCUT2D eigenvalue weighted by molar-refractivity contribution is 0.310. The van der Waals surface area contributed by atoms with Gasteiger partial charge in [0.25, 0.3) is 0 Å². The summed E-state index contributed by atoms with van der Waals surface area (Å²) in [6, 6.07) is 6.69. The van der Waals surface area contributed by atoms with Crippen molar-refractivity contribution in [1.82, 2.24) is 9.62 Å². The van der Waals surface area contributed by atoms with E-state index in [-0.39, 0.29) is 6.04 Å². The third-order valence-corrected chi connectivity index (χ3v) is 4.91. The van der Waals surface area contributed by atoms with Crippen LogP contribution in [0.25, 0.3) is 0 Å². The van der Waals surface area contributed by atoms with E-state index in [4.69, 9.17) is 4.74 Å². The van der Waals surface area contributed by atoms with E-state index in [9.17, 15) is 8.42 Å². The number of sulfonamides is 1. The molecular weight excluding hydrogens is 252 g/mol. The van der Waals surface area contributed by atoms with Crippen molar-refractivity contribution in [2.75, 3.05) is 26.7 Å². The van der Waals surface area contributed by atoms with Gasteiger partial charge < -0.3 is 10.1 Å². The molecule has 0 unspecified atom stereocenters. The minimum absolute atomic E-state index is 0.187. The molecule has 2 rings (SSSR count). The zero-order valence-electron chi connectivity index (χ0n) is 10.6. The largest absolute Gasteiger partial charge is 0.497 e. The highest BCUT2D eigenvalue weighted by molar-refractivity contribution is 7.89. The normalized spacial score (nSPS) is 21.8. The van der Waals surface area contributed by atoms with Gasteiger partial charge in [0.15, 0.2) is 0 Å². The topological polar surface area (TPSA) is 58.6 Å². The number of piperazine rings is 1. The van der Waals surface area contributed by atoms with Crippen molar-refractivity contribution < 1.29 is 13.2 Å². The summed E-state index contributed by atoms with van der Waals surface area (Å²) in [6.45, 7) is 3.69. The molecule has 1 heterocycles. The Morgan fingerprint density at radius 3 is 2.56 bits per heavy atom. The minimum Gasteiger partial charge on any atom is -0.497 e. The van der Waals surface area contributed by atoms with Crippen molar-refractivity contribution in [2.45, 2.75) is 17.9 Å². The molecule has 1 atom stereocenters. The molecule has 5 nitrogen and oxygen atoms in total. The van der Waals surface area contributed by atoms with E-state index in [1.54, 1.807) is 31.4 Å². The lowest BCUT2D eigenvalue weighted by atomic mass is 10.3. The van der Waals surface area contributed by atoms with E-state index in [1.165, 1.54) is 4.31 Å². The monoisotopic (exact) mass is 270 g/mol. The molecule has 0 amide bonds. The second kappa shape index (κ2) is 5.26. The number of nitrogens with zero attached hydrogens (tertiary/aromatic N) is 1. The molecule has 1 N–H and O–H groups in total. The van der Waals surface area contributed by atoms with E-state index in [0.29, 0.717) is 30.3 Å². The molecular formula is C12H18N2O3S. The number of rotatable bonds is 3. The van der Waals surface area contributed by atoms with Gasteiger partial charge in [-0.2, -0.15) is 4.31 Å². The lowest BCUT2D eigenvalue weighted by Crippen LogP contribution is -2.51. The van der Waals surface area contributed by atoms with Gasteiger partial charge in [-0.1, -0.05) is 0 Å². The predicted octanol–water partition coefficient (Wildman–Crippen LogP) is 0.678. The van der Waals surface area contributed by atoms with Crippen LogP contribution in [0.1, 0.15) is 6.92 Å². The first-order valence-corrected chi connectivity index (χ1v) is 7.35. The van der Waals surface area contributed by atoms with Gasteiger partial charge in [0.05, 0.1) is 12.0 Å². The summed E-state index contributed by atoms with van der Waals surface area (Å²) < 4.78 is 31.3. The van der Waals surface area contributed by atoms with Crippen molar-refractivity contribution >= 4 is 10.0 Å². The van der Waals surface area contributed by atoms with Gasteiger partial charge >= 0.3 is 0 Å². The summed E-state index contributed by atoms with van der Waals surface area (Å²) >= 11 is 0. The van der Waals surface area contributed by atoms with Crippen LogP contribution in [0.2, 0.25) is 0 Å². The predicted molar refractivity (Wildman–Crippen MR) is 69.2 cm³/mol. The summed E-state index contributed by atoms with van der Waals surface area (Å²) in [5, 5.41) is 3.23. The zero-order valence-corrected chi connectivity index (χ0v) is 11.4. The quantitative estimate of drug-likeness (QED) is 0.877. The standard InChI is InChI=1S/C12H18N2O3S/c1-10-9-14(8-7-13-10)18(15,16)12-5-3-11(17-2)4-6-12/h3-6,10,13H,7-9H2,1-2H3/t10-/m0/s1. The van der Waals surface area contributed by atoms with Gasteiger partial charge in [0.1, 0.15) is 5.75 Å². The number of ether oxygens (including phenoxy) is 1. The van der Waals surface area contributed by atoms with Gasteiger partial charge in [-0.05, 0) is 31.2 Å². The van der Waals surface area contributed by atoms with Crippen LogP contribution in [-0.2, 0) is 10.0 Å². The fraction of sp³-hybridized carbons (Fsp3) is 0.500. The smallest absolute Gasteiger partial charge is 0.243 e. The van der Waals surface area contributed by atoms with E-state index in [2.05, 4.69) is 5.32 Å². The minimum atomic E-state index is -3.38. The summed E-state index contributed by atoms with van der Waals surface area (Å²) in [5.41, 5.74) is 0. The lowest BCUT2D eigenvalue weighted by Gasteiger charge is -2.31. The van der Waals surface area contributed by atoms with Gasteiger partial charge in [-0.3, -0.25) is 0 Å². The Morgan fingerprint density at radius 2 is 2.00 bits per heavy atom. The third kappa shape index (κ3) is 2.66. The molecule has 0 aliphatic carbocycles. The second-order valence-electron chi connectivity index (χ2n) is 4.39. The fourth-order valence-corrected chi connectivity index (χ4v) is 3.54. The Bertz CT molecular complexity index is 499. The van der Waals surface area contributed by atoms with E-state index in [0.717, 1.165) is 0 Å². The number of nitrogens with one attached hydrogen (secondary N) is 1. The molecule has 1 aliphatic heterocycles. The molecule has 1 aliphatic rings. The van der Waals surface area contributed by atoms with Crippen molar-refractivity contribution in [1.29, 1.82) is 0 Å². The highest BCUT2D eigenvalue weighted by Gasteiger charge is 2.28. The van der Waals surface area contributed by atoms with E-state index >= 15 is 0 Å². The molecule has 0 bridgehead atoms. The van der Waals surface area contributed by atoms with Gasteiger partial charge in [-0.15, -0.1) is 0 Å². The Labute approximate surface area is 108 Å². The summed E-state index contributed by atoms with van der Waals surface area (Å²) in [6.07, 6.45) is 0. The molecule has 1 saturated heterocycles. The molecule has 1 aromatic carbocycles. The van der Waals surface area contributed by atoms with E-state index < -0.39 is 10.0 Å². The Hall–Kier alpha value is -1.11. The van der Waals surface area contributed by atoms with Crippen molar-refractivity contribution in [3.05, 3.63) is 24.3 Å². The molecule has 0 saturated carbocycles. The van der Waals surface area contributed by atoms with Crippen molar-refractivity contribution in [2.24, 2.45) is 0 Å². The highest BCUT2D eigenvalue weighted by Crippen LogP contribution is 2.20. The molecule has 0 spiro atoms. The summed E-state index contributed by atoms with van der Waals surface area (Å²) in [5.74, 6) is 0.655. The van der Waals surface area contributed by atoms with Crippen LogP contribution >= 0.6 is 0 Å². The molecule has 1 fully saturated rings. The number of hydrogen-bond donors (Lipinski definition) is 1. The van der Waals surface area contributed by atoms with Crippen LogP contribution in [0.3, 0.4) is 0 Å². The Morgan fingerprint density at radius 1 is 1.33 bits per heavy atom. The highest BCUT2D eigenvalue weighted by atomic mass is 32.2. The molecule has 1 aromatic rings. The fourth-order valence-electron chi connectivity index (χ4n) is 2.01. The Kier molecular flexibility index (Phi) is 3.89. The van der Waals surface area contributed by atoms with Gasteiger partial charge in [-0.25, -0.2) is 8.42 Å². The molecule has 0 aromatic heterocycles. The first-order chi connectivity index (χ1) is 8.54. The summed E-state index contributed by atoms with van der Waals surface area (Å²) in [7, 11) is -1.83. The number of benzene rings is 1. The Balaban J connectivity index is 2.23. The van der Waals surface area contributed by atoms with Crippen LogP contribution in [0.15, 0.2) is 29.2 Å². The maximum Gasteiger partial charge on any atom is 0.243 e. The molecule has 0 radical (unpaired) electrons. The van der Waals surface area contributed by atoms with Crippen molar-refractivity contribution in [3.63, 3.8) is 0 Å². The molecule has 6 heteroatoms. The van der Waals surface area contributed by atoms with Crippen LogP contribution in [-0.4, -0.2) is 45.5 Å². The summed E-state index contributed by atoms with van der Waals surface area (Å²) in [4.78, 5) is 0.317. The first kappa shape index (κ1) is 13.3. The molecule has 18 heavy (non-hydrogen) atoms. The van der Waals surface area contributed by atoms with Gasteiger partial charge in [0, 0.05) is 25.7 Å². The van der Waals surface area contributed by atoms with E-state index in [1.807, 2.05) is 6.92 Å². The first-order valence-electron chi connectivity index (χ1n) is 5.91.